The van der Waals surface area contributed by atoms with Crippen LogP contribution in [0.2, 0.25) is 0 Å². The highest BCUT2D eigenvalue weighted by molar-refractivity contribution is 5.93. The first kappa shape index (κ1) is 15.5. The van der Waals surface area contributed by atoms with E-state index in [4.69, 9.17) is 0 Å². The molecule has 0 aromatic heterocycles. The molecule has 0 aromatic carbocycles. The molecular formula is C14H25F2NO. The van der Waals surface area contributed by atoms with Crippen LogP contribution in [0.3, 0.4) is 0 Å². The van der Waals surface area contributed by atoms with Crippen LogP contribution in [0.25, 0.3) is 0 Å². The monoisotopic (exact) mass is 261 g/mol. The number of hydrogen-bond acceptors (Lipinski definition) is 2. The average molecular weight is 261 g/mol. The number of ketones is 1. The minimum absolute atomic E-state index is 0.109. The maximum Gasteiger partial charge on any atom is 0.250 e. The van der Waals surface area contributed by atoms with Gasteiger partial charge in [-0.3, -0.25) is 10.1 Å². The van der Waals surface area contributed by atoms with Crippen molar-refractivity contribution in [2.24, 2.45) is 5.41 Å². The quantitative estimate of drug-likeness (QED) is 0.823. The van der Waals surface area contributed by atoms with E-state index in [0.717, 1.165) is 0 Å². The van der Waals surface area contributed by atoms with Crippen LogP contribution in [0, 0.1) is 5.41 Å². The van der Waals surface area contributed by atoms with Crippen LogP contribution >= 0.6 is 0 Å². The fraction of sp³-hybridized carbons (Fsp3) is 0.929. The van der Waals surface area contributed by atoms with Gasteiger partial charge in [0.1, 0.15) is 0 Å². The van der Waals surface area contributed by atoms with Crippen LogP contribution in [-0.4, -0.2) is 22.8 Å². The lowest BCUT2D eigenvalue weighted by Crippen LogP contribution is -2.60. The van der Waals surface area contributed by atoms with Gasteiger partial charge in [-0.15, -0.1) is 0 Å². The van der Waals surface area contributed by atoms with E-state index in [1.807, 2.05) is 20.8 Å². The van der Waals surface area contributed by atoms with Crippen LogP contribution in [0.5, 0.6) is 0 Å². The van der Waals surface area contributed by atoms with Gasteiger partial charge in [-0.2, -0.15) is 0 Å². The molecule has 1 aliphatic rings. The molecule has 0 saturated heterocycles. The summed E-state index contributed by atoms with van der Waals surface area (Å²) in [5.41, 5.74) is -2.06. The van der Waals surface area contributed by atoms with Gasteiger partial charge in [-0.05, 0) is 27.2 Å². The Morgan fingerprint density at radius 1 is 1.06 bits per heavy atom. The molecule has 0 aromatic rings. The van der Waals surface area contributed by atoms with E-state index in [2.05, 4.69) is 5.32 Å². The van der Waals surface area contributed by atoms with E-state index in [0.29, 0.717) is 0 Å². The molecule has 18 heavy (non-hydrogen) atoms. The highest BCUT2D eigenvalue weighted by Gasteiger charge is 2.56. The Bertz CT molecular complexity index is 339. The molecule has 1 saturated carbocycles. The number of nitrogens with one attached hydrogen (secondary N) is 1. The Morgan fingerprint density at radius 2 is 1.56 bits per heavy atom. The zero-order valence-corrected chi connectivity index (χ0v) is 12.3. The van der Waals surface area contributed by atoms with Crippen molar-refractivity contribution in [3.63, 3.8) is 0 Å². The van der Waals surface area contributed by atoms with Crippen molar-refractivity contribution in [1.82, 2.24) is 5.32 Å². The summed E-state index contributed by atoms with van der Waals surface area (Å²) in [5, 5.41) is 3.16. The Morgan fingerprint density at radius 3 is 1.83 bits per heavy atom. The van der Waals surface area contributed by atoms with Crippen LogP contribution in [0.4, 0.5) is 8.78 Å². The van der Waals surface area contributed by atoms with Gasteiger partial charge < -0.3 is 0 Å². The van der Waals surface area contributed by atoms with E-state index in [9.17, 15) is 13.6 Å². The highest BCUT2D eigenvalue weighted by Crippen LogP contribution is 2.45. The van der Waals surface area contributed by atoms with Crippen LogP contribution in [-0.2, 0) is 4.79 Å². The van der Waals surface area contributed by atoms with Crippen LogP contribution in [0.1, 0.15) is 60.8 Å². The molecule has 1 rings (SSSR count). The van der Waals surface area contributed by atoms with Crippen molar-refractivity contribution in [1.29, 1.82) is 0 Å². The zero-order chi connectivity index (χ0) is 14.4. The molecule has 0 amide bonds. The summed E-state index contributed by atoms with van der Waals surface area (Å²) in [6, 6.07) is 0. The topological polar surface area (TPSA) is 29.1 Å². The normalized spacial score (nSPS) is 28.4. The van der Waals surface area contributed by atoms with Gasteiger partial charge in [0, 0.05) is 23.8 Å². The highest BCUT2D eigenvalue weighted by atomic mass is 19.3. The fourth-order valence-electron chi connectivity index (χ4n) is 2.81. The number of halogens is 2. The molecular weight excluding hydrogens is 236 g/mol. The van der Waals surface area contributed by atoms with E-state index in [-0.39, 0.29) is 30.6 Å². The Labute approximate surface area is 109 Å². The maximum atomic E-state index is 13.6. The molecule has 0 aliphatic heterocycles. The summed E-state index contributed by atoms with van der Waals surface area (Å²) >= 11 is 0. The van der Waals surface area contributed by atoms with Crippen molar-refractivity contribution in [2.45, 2.75) is 77.8 Å². The standard InChI is InChI=1S/C14H25F2NO/c1-11(2,3)10(18)13(17-12(4,5)6)7-8-14(15,16)9-13/h17H,7-9H2,1-6H3. The van der Waals surface area contributed by atoms with Crippen molar-refractivity contribution < 1.29 is 13.6 Å². The van der Waals surface area contributed by atoms with Gasteiger partial charge in [-0.1, -0.05) is 20.8 Å². The molecule has 0 bridgehead atoms. The SMILES string of the molecule is CC(C)(C)NC1(C(=O)C(C)(C)C)CCC(F)(F)C1. The summed E-state index contributed by atoms with van der Waals surface area (Å²) in [6.45, 7) is 11.1. The molecule has 1 atom stereocenters. The number of Topliss-reactive ketones (excluding diaryl/α,β-unsaturated/α-hetero) is 1. The first-order chi connectivity index (χ1) is 7.78. The smallest absolute Gasteiger partial charge is 0.250 e. The van der Waals surface area contributed by atoms with Gasteiger partial charge >= 0.3 is 0 Å². The molecule has 2 nitrogen and oxygen atoms in total. The lowest BCUT2D eigenvalue weighted by molar-refractivity contribution is -0.135. The van der Waals surface area contributed by atoms with Crippen molar-refractivity contribution in [3.8, 4) is 0 Å². The molecule has 106 valence electrons. The summed E-state index contributed by atoms with van der Waals surface area (Å²) in [5.74, 6) is -2.85. The minimum Gasteiger partial charge on any atom is -0.300 e. The van der Waals surface area contributed by atoms with Crippen molar-refractivity contribution in [3.05, 3.63) is 0 Å². The predicted molar refractivity (Wildman–Crippen MR) is 68.9 cm³/mol. The molecule has 0 heterocycles. The summed E-state index contributed by atoms with van der Waals surface area (Å²) < 4.78 is 27.1. The predicted octanol–water partition coefficient (Wildman–Crippen LogP) is 3.55. The fourth-order valence-corrected chi connectivity index (χ4v) is 2.81. The van der Waals surface area contributed by atoms with Crippen molar-refractivity contribution >= 4 is 5.78 Å². The zero-order valence-electron chi connectivity index (χ0n) is 12.3. The summed E-state index contributed by atoms with van der Waals surface area (Å²) in [7, 11) is 0. The minimum atomic E-state index is -2.74. The number of rotatable bonds is 2. The molecule has 4 heteroatoms. The molecule has 1 unspecified atom stereocenters. The van der Waals surface area contributed by atoms with Gasteiger partial charge in [0.25, 0.3) is 0 Å². The third kappa shape index (κ3) is 3.50. The second kappa shape index (κ2) is 4.26. The number of alkyl halides is 2. The molecule has 1 fully saturated rings. The summed E-state index contributed by atoms with van der Waals surface area (Å²) in [6.07, 6.45) is -0.376. The van der Waals surface area contributed by atoms with E-state index in [1.165, 1.54) is 0 Å². The van der Waals surface area contributed by atoms with Gasteiger partial charge in [-0.25, -0.2) is 8.78 Å². The lowest BCUT2D eigenvalue weighted by atomic mass is 9.76. The second-order valence-corrected chi connectivity index (χ2v) is 7.57. The van der Waals surface area contributed by atoms with Gasteiger partial charge in [0.2, 0.25) is 5.92 Å². The largest absolute Gasteiger partial charge is 0.300 e. The van der Waals surface area contributed by atoms with E-state index in [1.54, 1.807) is 20.8 Å². The average Bonchev–Trinajstić information content (AvgIpc) is 2.37. The van der Waals surface area contributed by atoms with Gasteiger partial charge in [0.15, 0.2) is 5.78 Å². The molecule has 0 spiro atoms. The Hall–Kier alpha value is -0.510. The second-order valence-electron chi connectivity index (χ2n) is 7.57. The van der Waals surface area contributed by atoms with Gasteiger partial charge in [0.05, 0.1) is 5.54 Å². The Kier molecular flexibility index (Phi) is 3.68. The van der Waals surface area contributed by atoms with Crippen LogP contribution in [0.15, 0.2) is 0 Å². The van der Waals surface area contributed by atoms with E-state index < -0.39 is 16.9 Å². The molecule has 1 N–H and O–H groups in total. The number of hydrogen-bond donors (Lipinski definition) is 1. The third-order valence-corrected chi connectivity index (χ3v) is 3.21. The Balaban J connectivity index is 3.09. The first-order valence-corrected chi connectivity index (χ1v) is 6.50. The lowest BCUT2D eigenvalue weighted by Gasteiger charge is -2.40. The number of carbonyl (C=O) groups is 1. The first-order valence-electron chi connectivity index (χ1n) is 6.50. The molecule has 1 aliphatic carbocycles. The molecule has 0 radical (unpaired) electrons. The third-order valence-electron chi connectivity index (χ3n) is 3.21. The van der Waals surface area contributed by atoms with E-state index >= 15 is 0 Å². The van der Waals surface area contributed by atoms with Crippen molar-refractivity contribution in [2.75, 3.05) is 0 Å². The van der Waals surface area contributed by atoms with Crippen LogP contribution < -0.4 is 5.32 Å². The number of carbonyl (C=O) groups excluding carboxylic acids is 1. The summed E-state index contributed by atoms with van der Waals surface area (Å²) in [4.78, 5) is 12.6. The maximum absolute atomic E-state index is 13.6.